The third-order valence-electron chi connectivity index (χ3n) is 2.79. The maximum atomic E-state index is 11.9. The first-order chi connectivity index (χ1) is 8.20. The topological polar surface area (TPSA) is 64.4 Å². The third-order valence-corrected chi connectivity index (χ3v) is 3.12. The standard InChI is InChI=1S/C12H15ClN2O2.ClH/c13-9-3-1-2-4-10(9)15-12(16)11-6-5-8(7-14)17-11;/h1-4,8,11H,5-7,14H2,(H,15,16);1H/t8-,11+;/m1./s1. The molecule has 2 rings (SSSR count). The van der Waals surface area contributed by atoms with E-state index in [9.17, 15) is 4.79 Å². The van der Waals surface area contributed by atoms with Crippen LogP contribution < -0.4 is 11.1 Å². The van der Waals surface area contributed by atoms with Crippen molar-refractivity contribution in [2.45, 2.75) is 25.0 Å². The van der Waals surface area contributed by atoms with Crippen LogP contribution >= 0.6 is 24.0 Å². The van der Waals surface area contributed by atoms with Crippen molar-refractivity contribution in [2.24, 2.45) is 5.73 Å². The van der Waals surface area contributed by atoms with Gasteiger partial charge in [-0.25, -0.2) is 0 Å². The van der Waals surface area contributed by atoms with Crippen molar-refractivity contribution >= 4 is 35.6 Å². The van der Waals surface area contributed by atoms with Gasteiger partial charge in [0, 0.05) is 6.54 Å². The second-order valence-corrected chi connectivity index (χ2v) is 4.44. The Bertz CT molecular complexity index is 415. The summed E-state index contributed by atoms with van der Waals surface area (Å²) in [6.45, 7) is 0.454. The van der Waals surface area contributed by atoms with Crippen LogP contribution in [0, 0.1) is 0 Å². The Hall–Kier alpha value is -0.810. The number of rotatable bonds is 3. The molecule has 0 spiro atoms. The number of hydrogen-bond acceptors (Lipinski definition) is 3. The highest BCUT2D eigenvalue weighted by atomic mass is 35.5. The van der Waals surface area contributed by atoms with E-state index in [2.05, 4.69) is 5.32 Å². The van der Waals surface area contributed by atoms with Gasteiger partial charge in [-0.1, -0.05) is 23.7 Å². The van der Waals surface area contributed by atoms with Crippen LogP contribution in [0.2, 0.25) is 5.02 Å². The average molecular weight is 291 g/mol. The van der Waals surface area contributed by atoms with E-state index >= 15 is 0 Å². The highest BCUT2D eigenvalue weighted by Gasteiger charge is 2.29. The van der Waals surface area contributed by atoms with E-state index < -0.39 is 6.10 Å². The molecule has 18 heavy (non-hydrogen) atoms. The number of para-hydroxylation sites is 1. The Morgan fingerprint density at radius 2 is 2.17 bits per heavy atom. The highest BCUT2D eigenvalue weighted by molar-refractivity contribution is 6.33. The monoisotopic (exact) mass is 290 g/mol. The van der Waals surface area contributed by atoms with Crippen LogP contribution in [0.1, 0.15) is 12.8 Å². The molecule has 1 fully saturated rings. The van der Waals surface area contributed by atoms with Gasteiger partial charge in [-0.15, -0.1) is 12.4 Å². The summed E-state index contributed by atoms with van der Waals surface area (Å²) < 4.78 is 5.50. The van der Waals surface area contributed by atoms with Crippen LogP contribution in [0.3, 0.4) is 0 Å². The molecule has 2 atom stereocenters. The Morgan fingerprint density at radius 3 is 2.78 bits per heavy atom. The molecular weight excluding hydrogens is 275 g/mol. The van der Waals surface area contributed by atoms with Crippen molar-refractivity contribution in [3.05, 3.63) is 29.3 Å². The summed E-state index contributed by atoms with van der Waals surface area (Å²) >= 11 is 5.96. The Balaban J connectivity index is 0.00000162. The quantitative estimate of drug-likeness (QED) is 0.897. The Morgan fingerprint density at radius 1 is 1.44 bits per heavy atom. The lowest BCUT2D eigenvalue weighted by Gasteiger charge is -2.13. The average Bonchev–Trinajstić information content (AvgIpc) is 2.81. The normalized spacial score (nSPS) is 22.3. The minimum Gasteiger partial charge on any atom is -0.364 e. The zero-order chi connectivity index (χ0) is 12.3. The minimum atomic E-state index is -0.417. The second-order valence-electron chi connectivity index (χ2n) is 4.03. The molecule has 1 aromatic carbocycles. The second kappa shape index (κ2) is 6.95. The SMILES string of the molecule is Cl.NC[C@H]1CC[C@@H](C(=O)Nc2ccccc2Cl)O1. The first kappa shape index (κ1) is 15.2. The molecule has 100 valence electrons. The van der Waals surface area contributed by atoms with Crippen LogP contribution in [0.5, 0.6) is 0 Å². The number of anilines is 1. The predicted molar refractivity (Wildman–Crippen MR) is 74.3 cm³/mol. The molecule has 0 radical (unpaired) electrons. The van der Waals surface area contributed by atoms with Gasteiger partial charge < -0.3 is 15.8 Å². The van der Waals surface area contributed by atoms with Crippen LogP contribution in [0.4, 0.5) is 5.69 Å². The predicted octanol–water partition coefficient (Wildman–Crippen LogP) is 2.21. The van der Waals surface area contributed by atoms with Gasteiger partial charge >= 0.3 is 0 Å². The van der Waals surface area contributed by atoms with E-state index in [1.165, 1.54) is 0 Å². The first-order valence-corrected chi connectivity index (χ1v) is 5.99. The summed E-state index contributed by atoms with van der Waals surface area (Å²) in [5, 5.41) is 3.28. The number of halogens is 2. The largest absolute Gasteiger partial charge is 0.364 e. The summed E-state index contributed by atoms with van der Waals surface area (Å²) in [6.07, 6.45) is 1.12. The molecule has 0 aliphatic carbocycles. The Kier molecular flexibility index (Phi) is 5.88. The van der Waals surface area contributed by atoms with Crippen molar-refractivity contribution < 1.29 is 9.53 Å². The molecule has 1 saturated heterocycles. The molecule has 0 aromatic heterocycles. The van der Waals surface area contributed by atoms with Gasteiger partial charge in [-0.05, 0) is 25.0 Å². The maximum Gasteiger partial charge on any atom is 0.253 e. The van der Waals surface area contributed by atoms with Gasteiger partial charge in [0.1, 0.15) is 6.10 Å². The van der Waals surface area contributed by atoms with E-state index in [1.54, 1.807) is 12.1 Å². The number of benzene rings is 1. The van der Waals surface area contributed by atoms with Gasteiger partial charge in [-0.3, -0.25) is 4.79 Å². The van der Waals surface area contributed by atoms with E-state index in [-0.39, 0.29) is 24.4 Å². The molecule has 0 bridgehead atoms. The summed E-state index contributed by atoms with van der Waals surface area (Å²) in [5.74, 6) is -0.158. The molecule has 1 aliphatic rings. The molecule has 3 N–H and O–H groups in total. The third kappa shape index (κ3) is 3.59. The van der Waals surface area contributed by atoms with E-state index in [0.29, 0.717) is 23.7 Å². The van der Waals surface area contributed by atoms with Crippen molar-refractivity contribution in [3.8, 4) is 0 Å². The van der Waals surface area contributed by atoms with E-state index in [1.807, 2.05) is 12.1 Å². The number of carbonyl (C=O) groups is 1. The molecule has 0 saturated carbocycles. The lowest BCUT2D eigenvalue weighted by molar-refractivity contribution is -0.126. The number of amides is 1. The van der Waals surface area contributed by atoms with Gasteiger partial charge in [0.25, 0.3) is 5.91 Å². The zero-order valence-electron chi connectivity index (χ0n) is 9.77. The van der Waals surface area contributed by atoms with Crippen LogP contribution in [0.15, 0.2) is 24.3 Å². The highest BCUT2D eigenvalue weighted by Crippen LogP contribution is 2.24. The van der Waals surface area contributed by atoms with E-state index in [0.717, 1.165) is 6.42 Å². The molecule has 6 heteroatoms. The number of ether oxygens (including phenoxy) is 1. The molecular formula is C12H16Cl2N2O2. The van der Waals surface area contributed by atoms with Crippen LogP contribution in [-0.4, -0.2) is 24.7 Å². The smallest absolute Gasteiger partial charge is 0.253 e. The van der Waals surface area contributed by atoms with Crippen LogP contribution in [0.25, 0.3) is 0 Å². The summed E-state index contributed by atoms with van der Waals surface area (Å²) in [6, 6.07) is 7.12. The summed E-state index contributed by atoms with van der Waals surface area (Å²) in [7, 11) is 0. The van der Waals surface area contributed by atoms with Gasteiger partial charge in [0.05, 0.1) is 16.8 Å². The number of nitrogens with two attached hydrogens (primary N) is 1. The van der Waals surface area contributed by atoms with Crippen molar-refractivity contribution in [1.29, 1.82) is 0 Å². The molecule has 1 aromatic rings. The summed E-state index contributed by atoms with van der Waals surface area (Å²) in [4.78, 5) is 11.9. The molecule has 1 aliphatic heterocycles. The van der Waals surface area contributed by atoms with Gasteiger partial charge in [-0.2, -0.15) is 0 Å². The van der Waals surface area contributed by atoms with Gasteiger partial charge in [0.2, 0.25) is 0 Å². The van der Waals surface area contributed by atoms with Crippen molar-refractivity contribution in [3.63, 3.8) is 0 Å². The van der Waals surface area contributed by atoms with Crippen LogP contribution in [-0.2, 0) is 9.53 Å². The lowest BCUT2D eigenvalue weighted by Crippen LogP contribution is -2.29. The number of carbonyl (C=O) groups excluding carboxylic acids is 1. The van der Waals surface area contributed by atoms with E-state index in [4.69, 9.17) is 22.1 Å². The fraction of sp³-hybridized carbons (Fsp3) is 0.417. The minimum absolute atomic E-state index is 0. The summed E-state index contributed by atoms with van der Waals surface area (Å²) in [5.41, 5.74) is 6.11. The van der Waals surface area contributed by atoms with Crippen molar-refractivity contribution in [2.75, 3.05) is 11.9 Å². The maximum absolute atomic E-state index is 11.9. The first-order valence-electron chi connectivity index (χ1n) is 5.61. The number of hydrogen-bond donors (Lipinski definition) is 2. The van der Waals surface area contributed by atoms with Gasteiger partial charge in [0.15, 0.2) is 0 Å². The molecule has 0 unspecified atom stereocenters. The fourth-order valence-electron chi connectivity index (χ4n) is 1.85. The Labute approximate surface area is 117 Å². The lowest BCUT2D eigenvalue weighted by atomic mass is 10.2. The fourth-order valence-corrected chi connectivity index (χ4v) is 2.03. The molecule has 4 nitrogen and oxygen atoms in total. The molecule has 1 heterocycles. The number of nitrogens with one attached hydrogen (secondary N) is 1. The van der Waals surface area contributed by atoms with Crippen molar-refractivity contribution in [1.82, 2.24) is 0 Å². The molecule has 1 amide bonds. The zero-order valence-corrected chi connectivity index (χ0v) is 11.3.